The molecule has 0 fully saturated rings. The fraction of sp³-hybridized carbons (Fsp3) is 0.188. The second-order valence-corrected chi connectivity index (χ2v) is 4.39. The van der Waals surface area contributed by atoms with Crippen LogP contribution in [0.3, 0.4) is 0 Å². The molecule has 2 N–H and O–H groups in total. The van der Waals surface area contributed by atoms with Gasteiger partial charge in [-0.2, -0.15) is 0 Å². The van der Waals surface area contributed by atoms with Crippen LogP contribution in [0.5, 0.6) is 0 Å². The summed E-state index contributed by atoms with van der Waals surface area (Å²) in [5, 5.41) is 11.5. The SMILES string of the molecule is Cc1cc(C(=O)Nc2ccc(C)c(C#CCO)c2)co1. The average Bonchev–Trinajstić information content (AvgIpc) is 2.86. The Hall–Kier alpha value is -2.51. The van der Waals surface area contributed by atoms with Gasteiger partial charge in [-0.05, 0) is 37.6 Å². The topological polar surface area (TPSA) is 62.5 Å². The summed E-state index contributed by atoms with van der Waals surface area (Å²) in [4.78, 5) is 12.0. The Kier molecular flexibility index (Phi) is 4.24. The molecule has 4 nitrogen and oxygen atoms in total. The van der Waals surface area contributed by atoms with E-state index in [1.165, 1.54) is 6.26 Å². The fourth-order valence-corrected chi connectivity index (χ4v) is 1.73. The Labute approximate surface area is 117 Å². The van der Waals surface area contributed by atoms with Gasteiger partial charge in [-0.15, -0.1) is 0 Å². The summed E-state index contributed by atoms with van der Waals surface area (Å²) in [5.74, 6) is 5.91. The smallest absolute Gasteiger partial charge is 0.258 e. The number of carbonyl (C=O) groups is 1. The standard InChI is InChI=1S/C16H15NO3/c1-11-5-6-15(9-13(11)4-3-7-18)17-16(19)14-8-12(2)20-10-14/h5-6,8-10,18H,7H2,1-2H3,(H,17,19). The fourth-order valence-electron chi connectivity index (χ4n) is 1.73. The first-order valence-electron chi connectivity index (χ1n) is 6.17. The van der Waals surface area contributed by atoms with Crippen molar-refractivity contribution >= 4 is 11.6 Å². The maximum absolute atomic E-state index is 12.0. The molecule has 2 aromatic rings. The first kappa shape index (κ1) is 13.9. The normalized spacial score (nSPS) is 9.75. The van der Waals surface area contributed by atoms with Gasteiger partial charge in [-0.25, -0.2) is 0 Å². The minimum atomic E-state index is -0.230. The lowest BCUT2D eigenvalue weighted by Gasteiger charge is -2.06. The van der Waals surface area contributed by atoms with Crippen LogP contribution in [0.25, 0.3) is 0 Å². The largest absolute Gasteiger partial charge is 0.469 e. The van der Waals surface area contributed by atoms with Gasteiger partial charge >= 0.3 is 0 Å². The Bertz CT molecular complexity index is 689. The van der Waals surface area contributed by atoms with Gasteiger partial charge in [0, 0.05) is 11.3 Å². The molecule has 1 amide bonds. The van der Waals surface area contributed by atoms with Crippen molar-refractivity contribution in [3.05, 3.63) is 53.0 Å². The van der Waals surface area contributed by atoms with Crippen LogP contribution in [-0.2, 0) is 0 Å². The number of aliphatic hydroxyl groups is 1. The zero-order chi connectivity index (χ0) is 14.5. The number of anilines is 1. The number of hydrogen-bond acceptors (Lipinski definition) is 3. The number of benzene rings is 1. The van der Waals surface area contributed by atoms with E-state index >= 15 is 0 Å². The monoisotopic (exact) mass is 269 g/mol. The maximum atomic E-state index is 12.0. The quantitative estimate of drug-likeness (QED) is 0.823. The van der Waals surface area contributed by atoms with Gasteiger partial charge in [-0.1, -0.05) is 17.9 Å². The molecule has 0 unspecified atom stereocenters. The third-order valence-corrected chi connectivity index (χ3v) is 2.79. The highest BCUT2D eigenvalue weighted by Gasteiger charge is 2.09. The van der Waals surface area contributed by atoms with E-state index < -0.39 is 0 Å². The van der Waals surface area contributed by atoms with Crippen molar-refractivity contribution in [2.45, 2.75) is 13.8 Å². The van der Waals surface area contributed by atoms with E-state index in [4.69, 9.17) is 9.52 Å². The molecule has 0 aliphatic carbocycles. The first-order valence-corrected chi connectivity index (χ1v) is 6.17. The molecule has 0 saturated heterocycles. The van der Waals surface area contributed by atoms with Crippen molar-refractivity contribution in [1.82, 2.24) is 0 Å². The Morgan fingerprint density at radius 2 is 2.15 bits per heavy atom. The molecule has 0 spiro atoms. The minimum Gasteiger partial charge on any atom is -0.469 e. The molecular weight excluding hydrogens is 254 g/mol. The summed E-state index contributed by atoms with van der Waals surface area (Å²) in [6.45, 7) is 3.52. The second-order valence-electron chi connectivity index (χ2n) is 4.39. The third-order valence-electron chi connectivity index (χ3n) is 2.79. The first-order chi connectivity index (χ1) is 9.60. The van der Waals surface area contributed by atoms with E-state index in [9.17, 15) is 4.79 Å². The van der Waals surface area contributed by atoms with Gasteiger partial charge in [0.25, 0.3) is 5.91 Å². The van der Waals surface area contributed by atoms with Crippen LogP contribution in [0.2, 0.25) is 0 Å². The van der Waals surface area contributed by atoms with Crippen molar-refractivity contribution < 1.29 is 14.3 Å². The highest BCUT2D eigenvalue weighted by Crippen LogP contribution is 2.16. The number of nitrogens with one attached hydrogen (secondary N) is 1. The minimum absolute atomic E-state index is 0.190. The maximum Gasteiger partial charge on any atom is 0.258 e. The summed E-state index contributed by atoms with van der Waals surface area (Å²) in [6.07, 6.45) is 1.42. The molecule has 0 aliphatic rings. The van der Waals surface area contributed by atoms with Crippen LogP contribution >= 0.6 is 0 Å². The van der Waals surface area contributed by atoms with Gasteiger partial charge in [-0.3, -0.25) is 4.79 Å². The molecule has 0 atom stereocenters. The van der Waals surface area contributed by atoms with Gasteiger partial charge in [0.15, 0.2) is 0 Å². The van der Waals surface area contributed by atoms with Crippen molar-refractivity contribution in [1.29, 1.82) is 0 Å². The van der Waals surface area contributed by atoms with Crippen LogP contribution in [-0.4, -0.2) is 17.6 Å². The number of carbonyl (C=O) groups excluding carboxylic acids is 1. The number of aliphatic hydroxyl groups excluding tert-OH is 1. The number of furan rings is 1. The van der Waals surface area contributed by atoms with E-state index in [0.29, 0.717) is 17.0 Å². The number of hydrogen-bond donors (Lipinski definition) is 2. The van der Waals surface area contributed by atoms with E-state index in [-0.39, 0.29) is 12.5 Å². The summed E-state index contributed by atoms with van der Waals surface area (Å²) in [6, 6.07) is 7.14. The molecule has 4 heteroatoms. The predicted octanol–water partition coefficient (Wildman–Crippen LogP) is 2.49. The molecule has 1 aromatic heterocycles. The summed E-state index contributed by atoms with van der Waals surface area (Å²) < 4.78 is 5.11. The van der Waals surface area contributed by atoms with Crippen molar-refractivity contribution in [2.24, 2.45) is 0 Å². The lowest BCUT2D eigenvalue weighted by atomic mass is 10.1. The third kappa shape index (κ3) is 3.28. The van der Waals surface area contributed by atoms with Crippen molar-refractivity contribution in [3.8, 4) is 11.8 Å². The van der Waals surface area contributed by atoms with Crippen LogP contribution in [0.1, 0.15) is 27.2 Å². The highest BCUT2D eigenvalue weighted by molar-refractivity contribution is 6.04. The van der Waals surface area contributed by atoms with Gasteiger partial charge < -0.3 is 14.8 Å². The highest BCUT2D eigenvalue weighted by atomic mass is 16.3. The van der Waals surface area contributed by atoms with E-state index in [1.54, 1.807) is 19.1 Å². The molecule has 102 valence electrons. The predicted molar refractivity (Wildman–Crippen MR) is 76.5 cm³/mol. The van der Waals surface area contributed by atoms with Crippen LogP contribution in [0, 0.1) is 25.7 Å². The molecule has 1 heterocycles. The second kappa shape index (κ2) is 6.09. The molecule has 0 bridgehead atoms. The lowest BCUT2D eigenvalue weighted by Crippen LogP contribution is -2.11. The van der Waals surface area contributed by atoms with Gasteiger partial charge in [0.05, 0.1) is 5.56 Å². The molecule has 1 aromatic carbocycles. The zero-order valence-electron chi connectivity index (χ0n) is 11.4. The summed E-state index contributed by atoms with van der Waals surface area (Å²) in [7, 11) is 0. The molecule has 20 heavy (non-hydrogen) atoms. The van der Waals surface area contributed by atoms with Crippen LogP contribution < -0.4 is 5.32 Å². The molecule has 0 radical (unpaired) electrons. The summed E-state index contributed by atoms with van der Waals surface area (Å²) >= 11 is 0. The Morgan fingerprint density at radius 3 is 2.80 bits per heavy atom. The van der Waals surface area contributed by atoms with E-state index in [0.717, 1.165) is 11.1 Å². The number of aryl methyl sites for hydroxylation is 2. The van der Waals surface area contributed by atoms with Gasteiger partial charge in [0.1, 0.15) is 18.6 Å². The number of amides is 1. The molecule has 0 saturated carbocycles. The molecule has 2 rings (SSSR count). The zero-order valence-corrected chi connectivity index (χ0v) is 11.4. The van der Waals surface area contributed by atoms with E-state index in [1.807, 2.05) is 19.1 Å². The van der Waals surface area contributed by atoms with Crippen LogP contribution in [0.4, 0.5) is 5.69 Å². The molecular formula is C16H15NO3. The van der Waals surface area contributed by atoms with Crippen LogP contribution in [0.15, 0.2) is 34.9 Å². The summed E-state index contributed by atoms with van der Waals surface area (Å²) in [5.41, 5.74) is 2.90. The van der Waals surface area contributed by atoms with Gasteiger partial charge in [0.2, 0.25) is 0 Å². The van der Waals surface area contributed by atoms with Crippen molar-refractivity contribution in [2.75, 3.05) is 11.9 Å². The Balaban J connectivity index is 2.19. The Morgan fingerprint density at radius 1 is 1.35 bits per heavy atom. The molecule has 0 aliphatic heterocycles. The number of rotatable bonds is 2. The lowest BCUT2D eigenvalue weighted by molar-refractivity contribution is 0.102. The van der Waals surface area contributed by atoms with E-state index in [2.05, 4.69) is 17.2 Å². The van der Waals surface area contributed by atoms with Crippen molar-refractivity contribution in [3.63, 3.8) is 0 Å². The average molecular weight is 269 g/mol.